The van der Waals surface area contributed by atoms with Crippen LogP contribution in [0.1, 0.15) is 25.7 Å². The SMILES string of the molecule is COCC(N)C(=O)C1CCOC2(CCOCC2)C1. The van der Waals surface area contributed by atoms with E-state index in [0.29, 0.717) is 13.2 Å². The summed E-state index contributed by atoms with van der Waals surface area (Å²) in [6.45, 7) is 2.40. The van der Waals surface area contributed by atoms with Gasteiger partial charge in [0.1, 0.15) is 0 Å². The smallest absolute Gasteiger partial charge is 0.155 e. The fourth-order valence-corrected chi connectivity index (χ4v) is 2.93. The Morgan fingerprint density at radius 2 is 2.17 bits per heavy atom. The third-order valence-electron chi connectivity index (χ3n) is 4.01. The van der Waals surface area contributed by atoms with Gasteiger partial charge in [-0.15, -0.1) is 0 Å². The Labute approximate surface area is 108 Å². The normalized spacial score (nSPS) is 29.1. The Bertz CT molecular complexity index is 283. The molecule has 0 aromatic carbocycles. The van der Waals surface area contributed by atoms with Gasteiger partial charge in [0.2, 0.25) is 0 Å². The van der Waals surface area contributed by atoms with Crippen LogP contribution in [-0.2, 0) is 19.0 Å². The highest BCUT2D eigenvalue weighted by Gasteiger charge is 2.41. The number of rotatable bonds is 4. The molecule has 2 rings (SSSR count). The Balaban J connectivity index is 1.95. The third-order valence-corrected chi connectivity index (χ3v) is 4.01. The molecule has 2 saturated heterocycles. The molecule has 2 aliphatic rings. The van der Waals surface area contributed by atoms with Gasteiger partial charge in [-0.1, -0.05) is 0 Å². The van der Waals surface area contributed by atoms with Crippen molar-refractivity contribution in [3.8, 4) is 0 Å². The van der Waals surface area contributed by atoms with Crippen LogP contribution in [0, 0.1) is 5.92 Å². The molecule has 0 amide bonds. The van der Waals surface area contributed by atoms with Crippen LogP contribution in [0.5, 0.6) is 0 Å². The predicted molar refractivity (Wildman–Crippen MR) is 66.3 cm³/mol. The van der Waals surface area contributed by atoms with E-state index in [-0.39, 0.29) is 17.3 Å². The maximum atomic E-state index is 12.2. The number of ether oxygens (including phenoxy) is 3. The molecule has 2 unspecified atom stereocenters. The van der Waals surface area contributed by atoms with Crippen molar-refractivity contribution >= 4 is 5.78 Å². The van der Waals surface area contributed by atoms with E-state index >= 15 is 0 Å². The lowest BCUT2D eigenvalue weighted by Gasteiger charge is -2.43. The lowest BCUT2D eigenvalue weighted by atomic mass is 9.78. The van der Waals surface area contributed by atoms with Crippen molar-refractivity contribution < 1.29 is 19.0 Å². The van der Waals surface area contributed by atoms with Crippen LogP contribution < -0.4 is 5.73 Å². The van der Waals surface area contributed by atoms with Gasteiger partial charge in [-0.05, 0) is 25.7 Å². The van der Waals surface area contributed by atoms with Crippen LogP contribution in [0.25, 0.3) is 0 Å². The van der Waals surface area contributed by atoms with E-state index in [4.69, 9.17) is 19.9 Å². The van der Waals surface area contributed by atoms with Gasteiger partial charge in [0.25, 0.3) is 0 Å². The van der Waals surface area contributed by atoms with Crippen molar-refractivity contribution in [3.63, 3.8) is 0 Å². The summed E-state index contributed by atoms with van der Waals surface area (Å²) in [5.41, 5.74) is 5.69. The van der Waals surface area contributed by atoms with Crippen LogP contribution >= 0.6 is 0 Å². The van der Waals surface area contributed by atoms with Crippen molar-refractivity contribution in [2.24, 2.45) is 11.7 Å². The van der Waals surface area contributed by atoms with E-state index in [1.165, 1.54) is 0 Å². The second kappa shape index (κ2) is 6.10. The van der Waals surface area contributed by atoms with E-state index in [0.717, 1.165) is 38.9 Å². The molecule has 0 saturated carbocycles. The fraction of sp³-hybridized carbons (Fsp3) is 0.923. The lowest BCUT2D eigenvalue weighted by Crippen LogP contribution is -2.49. The molecule has 0 aromatic rings. The second-order valence-electron chi connectivity index (χ2n) is 5.30. The first kappa shape index (κ1) is 13.9. The molecule has 2 N–H and O–H groups in total. The van der Waals surface area contributed by atoms with Gasteiger partial charge in [-0.25, -0.2) is 0 Å². The minimum Gasteiger partial charge on any atom is -0.383 e. The standard InChI is InChI=1S/C13H23NO4/c1-16-9-11(14)12(15)10-2-5-18-13(8-10)3-6-17-7-4-13/h10-11H,2-9,14H2,1H3. The molecule has 5 nitrogen and oxygen atoms in total. The van der Waals surface area contributed by atoms with E-state index in [1.807, 2.05) is 0 Å². The Morgan fingerprint density at radius 1 is 1.44 bits per heavy atom. The summed E-state index contributed by atoms with van der Waals surface area (Å²) in [6, 6.07) is -0.505. The number of hydrogen-bond donors (Lipinski definition) is 1. The van der Waals surface area contributed by atoms with E-state index in [2.05, 4.69) is 0 Å². The Hall–Kier alpha value is -0.490. The van der Waals surface area contributed by atoms with Crippen LogP contribution in [0.3, 0.4) is 0 Å². The predicted octanol–water partition coefficient (Wildman–Crippen LogP) is 0.505. The average Bonchev–Trinajstić information content (AvgIpc) is 2.39. The minimum absolute atomic E-state index is 0.0157. The summed E-state index contributed by atoms with van der Waals surface area (Å²) < 4.78 is 16.2. The number of methoxy groups -OCH3 is 1. The molecule has 5 heteroatoms. The first-order chi connectivity index (χ1) is 8.67. The highest BCUT2D eigenvalue weighted by Crippen LogP contribution is 2.37. The van der Waals surface area contributed by atoms with Crippen LogP contribution in [0.4, 0.5) is 0 Å². The maximum absolute atomic E-state index is 12.2. The fourth-order valence-electron chi connectivity index (χ4n) is 2.93. The van der Waals surface area contributed by atoms with E-state index in [9.17, 15) is 4.79 Å². The molecule has 2 aliphatic heterocycles. The summed E-state index contributed by atoms with van der Waals surface area (Å²) in [7, 11) is 1.57. The molecule has 1 spiro atoms. The summed E-state index contributed by atoms with van der Waals surface area (Å²) in [6.07, 6.45) is 3.33. The number of carbonyl (C=O) groups is 1. The first-order valence-corrected chi connectivity index (χ1v) is 6.67. The quantitative estimate of drug-likeness (QED) is 0.794. The zero-order chi connectivity index (χ0) is 13.0. The van der Waals surface area contributed by atoms with Gasteiger partial charge < -0.3 is 19.9 Å². The molecule has 0 bridgehead atoms. The van der Waals surface area contributed by atoms with Crippen molar-refractivity contribution in [1.29, 1.82) is 0 Å². The van der Waals surface area contributed by atoms with Crippen LogP contribution in [0.15, 0.2) is 0 Å². The van der Waals surface area contributed by atoms with Crippen molar-refractivity contribution in [1.82, 2.24) is 0 Å². The van der Waals surface area contributed by atoms with Crippen LogP contribution in [-0.4, -0.2) is 51.0 Å². The van der Waals surface area contributed by atoms with E-state index in [1.54, 1.807) is 7.11 Å². The van der Waals surface area contributed by atoms with Gasteiger partial charge in [0.05, 0.1) is 18.2 Å². The largest absolute Gasteiger partial charge is 0.383 e. The number of hydrogen-bond acceptors (Lipinski definition) is 5. The maximum Gasteiger partial charge on any atom is 0.155 e. The average molecular weight is 257 g/mol. The third kappa shape index (κ3) is 3.09. The highest BCUT2D eigenvalue weighted by atomic mass is 16.5. The first-order valence-electron chi connectivity index (χ1n) is 6.67. The van der Waals surface area contributed by atoms with Gasteiger partial charge in [0.15, 0.2) is 5.78 Å². The lowest BCUT2D eigenvalue weighted by molar-refractivity contribution is -0.158. The summed E-state index contributed by atoms with van der Waals surface area (Å²) in [5.74, 6) is 0.132. The molecule has 2 heterocycles. The molecule has 104 valence electrons. The van der Waals surface area contributed by atoms with E-state index < -0.39 is 6.04 Å². The van der Waals surface area contributed by atoms with Gasteiger partial charge >= 0.3 is 0 Å². The topological polar surface area (TPSA) is 70.8 Å². The highest BCUT2D eigenvalue weighted by molar-refractivity contribution is 5.86. The molecule has 0 aliphatic carbocycles. The zero-order valence-corrected chi connectivity index (χ0v) is 11.0. The van der Waals surface area contributed by atoms with Gasteiger partial charge in [0, 0.05) is 32.8 Å². The Morgan fingerprint density at radius 3 is 2.83 bits per heavy atom. The molecule has 0 aromatic heterocycles. The molecular weight excluding hydrogens is 234 g/mol. The summed E-state index contributed by atoms with van der Waals surface area (Å²) >= 11 is 0. The Kier molecular flexibility index (Phi) is 4.72. The minimum atomic E-state index is -0.505. The zero-order valence-electron chi connectivity index (χ0n) is 11.0. The second-order valence-corrected chi connectivity index (χ2v) is 5.30. The molecule has 2 atom stereocenters. The van der Waals surface area contributed by atoms with Gasteiger partial charge in [-0.3, -0.25) is 4.79 Å². The summed E-state index contributed by atoms with van der Waals surface area (Å²) in [5, 5.41) is 0. The number of ketones is 1. The number of nitrogens with two attached hydrogens (primary N) is 1. The van der Waals surface area contributed by atoms with Gasteiger partial charge in [-0.2, -0.15) is 0 Å². The number of carbonyl (C=O) groups excluding carboxylic acids is 1. The van der Waals surface area contributed by atoms with Crippen molar-refractivity contribution in [3.05, 3.63) is 0 Å². The molecule has 2 fully saturated rings. The number of Topliss-reactive ketones (excluding diaryl/α,β-unsaturated/α-hetero) is 1. The molecular formula is C13H23NO4. The molecule has 18 heavy (non-hydrogen) atoms. The van der Waals surface area contributed by atoms with Crippen molar-refractivity contribution in [2.45, 2.75) is 37.3 Å². The van der Waals surface area contributed by atoms with Crippen molar-refractivity contribution in [2.75, 3.05) is 33.5 Å². The molecule has 0 radical (unpaired) electrons. The van der Waals surface area contributed by atoms with Crippen LogP contribution in [0.2, 0.25) is 0 Å². The monoisotopic (exact) mass is 257 g/mol. The summed E-state index contributed by atoms with van der Waals surface area (Å²) in [4.78, 5) is 12.2.